The predicted molar refractivity (Wildman–Crippen MR) is 90.5 cm³/mol. The van der Waals surface area contributed by atoms with Crippen molar-refractivity contribution in [1.29, 1.82) is 5.26 Å². The van der Waals surface area contributed by atoms with Gasteiger partial charge in [-0.15, -0.1) is 11.3 Å². The maximum Gasteiger partial charge on any atom is 0.127 e. The molecular formula is C16H13ClN4S. The van der Waals surface area contributed by atoms with Gasteiger partial charge in [0.1, 0.15) is 5.82 Å². The van der Waals surface area contributed by atoms with Gasteiger partial charge in [0, 0.05) is 34.4 Å². The number of hydrogen-bond donors (Lipinski definition) is 1. The molecule has 6 heteroatoms. The lowest BCUT2D eigenvalue weighted by Gasteiger charge is -2.07. The SMILES string of the molecule is Cc1cnc(CCNc2cc(C#N)c3cc(Cl)ccc3n2)s1. The minimum Gasteiger partial charge on any atom is -0.370 e. The second-order valence-corrected chi connectivity index (χ2v) is 6.63. The molecule has 0 aliphatic rings. The number of thiazole rings is 1. The van der Waals surface area contributed by atoms with Crippen molar-refractivity contribution >= 4 is 39.7 Å². The van der Waals surface area contributed by atoms with Crippen LogP contribution in [0.2, 0.25) is 5.02 Å². The molecule has 2 aromatic heterocycles. The van der Waals surface area contributed by atoms with Crippen molar-refractivity contribution in [3.05, 3.63) is 50.9 Å². The minimum atomic E-state index is 0.570. The van der Waals surface area contributed by atoms with Crippen LogP contribution >= 0.6 is 22.9 Å². The second-order valence-electron chi connectivity index (χ2n) is 4.87. The number of fused-ring (bicyclic) bond motifs is 1. The van der Waals surface area contributed by atoms with Gasteiger partial charge in [-0.1, -0.05) is 11.6 Å². The smallest absolute Gasteiger partial charge is 0.127 e. The number of nitrogens with one attached hydrogen (secondary N) is 1. The standard InChI is InChI=1S/C16H13ClN4S/c1-10-9-20-16(22-10)4-5-19-15-6-11(8-18)13-7-12(17)2-3-14(13)21-15/h2-3,6-7,9H,4-5H2,1H3,(H,19,21). The van der Waals surface area contributed by atoms with Gasteiger partial charge in [-0.05, 0) is 31.2 Å². The summed E-state index contributed by atoms with van der Waals surface area (Å²) >= 11 is 7.68. The summed E-state index contributed by atoms with van der Waals surface area (Å²) in [5.74, 6) is 0.694. The topological polar surface area (TPSA) is 61.6 Å². The van der Waals surface area contributed by atoms with Crippen LogP contribution in [-0.4, -0.2) is 16.5 Å². The van der Waals surface area contributed by atoms with E-state index in [0.29, 0.717) is 16.4 Å². The second kappa shape index (κ2) is 6.30. The average molecular weight is 329 g/mol. The fourth-order valence-corrected chi connectivity index (χ4v) is 3.15. The predicted octanol–water partition coefficient (Wildman–Crippen LogP) is 4.18. The lowest BCUT2D eigenvalue weighted by Crippen LogP contribution is -2.06. The number of nitriles is 1. The van der Waals surface area contributed by atoms with E-state index in [0.717, 1.165) is 28.9 Å². The molecule has 0 amide bonds. The molecule has 0 atom stereocenters. The van der Waals surface area contributed by atoms with Crippen LogP contribution in [0.15, 0.2) is 30.5 Å². The molecular weight excluding hydrogens is 316 g/mol. The third-order valence-electron chi connectivity index (χ3n) is 3.21. The Kier molecular flexibility index (Phi) is 4.23. The van der Waals surface area contributed by atoms with Crippen LogP contribution < -0.4 is 5.32 Å². The number of hydrogen-bond acceptors (Lipinski definition) is 5. The Morgan fingerprint density at radius 3 is 2.95 bits per heavy atom. The highest BCUT2D eigenvalue weighted by Gasteiger charge is 2.06. The first-order valence-electron chi connectivity index (χ1n) is 6.81. The molecule has 0 aliphatic carbocycles. The molecule has 2 heterocycles. The number of rotatable bonds is 4. The van der Waals surface area contributed by atoms with E-state index in [1.165, 1.54) is 4.88 Å². The van der Waals surface area contributed by atoms with E-state index >= 15 is 0 Å². The zero-order chi connectivity index (χ0) is 15.5. The third kappa shape index (κ3) is 3.19. The summed E-state index contributed by atoms with van der Waals surface area (Å²) in [4.78, 5) is 10.1. The van der Waals surface area contributed by atoms with Crippen molar-refractivity contribution in [3.8, 4) is 6.07 Å². The van der Waals surface area contributed by atoms with Crippen molar-refractivity contribution in [2.45, 2.75) is 13.3 Å². The molecule has 0 spiro atoms. The van der Waals surface area contributed by atoms with E-state index in [4.69, 9.17) is 11.6 Å². The molecule has 22 heavy (non-hydrogen) atoms. The van der Waals surface area contributed by atoms with Crippen molar-refractivity contribution in [2.24, 2.45) is 0 Å². The molecule has 0 radical (unpaired) electrons. The van der Waals surface area contributed by atoms with Crippen molar-refractivity contribution in [3.63, 3.8) is 0 Å². The summed E-state index contributed by atoms with van der Waals surface area (Å²) < 4.78 is 0. The van der Waals surface area contributed by atoms with Crippen LogP contribution in [-0.2, 0) is 6.42 Å². The van der Waals surface area contributed by atoms with Crippen LogP contribution in [0.3, 0.4) is 0 Å². The molecule has 0 saturated carbocycles. The van der Waals surface area contributed by atoms with E-state index in [2.05, 4.69) is 21.4 Å². The zero-order valence-electron chi connectivity index (χ0n) is 11.9. The zero-order valence-corrected chi connectivity index (χ0v) is 13.5. The van der Waals surface area contributed by atoms with E-state index in [-0.39, 0.29) is 0 Å². The molecule has 0 aliphatic heterocycles. The number of aryl methyl sites for hydroxylation is 1. The number of halogens is 1. The van der Waals surface area contributed by atoms with Gasteiger partial charge in [0.05, 0.1) is 22.2 Å². The third-order valence-corrected chi connectivity index (χ3v) is 4.41. The van der Waals surface area contributed by atoms with Crippen LogP contribution in [0.4, 0.5) is 5.82 Å². The first-order valence-corrected chi connectivity index (χ1v) is 8.01. The Labute approximate surface area is 137 Å². The molecule has 0 saturated heterocycles. The van der Waals surface area contributed by atoms with Gasteiger partial charge < -0.3 is 5.32 Å². The lowest BCUT2D eigenvalue weighted by atomic mass is 10.1. The summed E-state index contributed by atoms with van der Waals surface area (Å²) in [6.07, 6.45) is 2.71. The Morgan fingerprint density at radius 2 is 2.23 bits per heavy atom. The van der Waals surface area contributed by atoms with Crippen molar-refractivity contribution in [1.82, 2.24) is 9.97 Å². The first-order chi connectivity index (χ1) is 10.7. The normalized spacial score (nSPS) is 10.6. The number of pyridine rings is 1. The van der Waals surface area contributed by atoms with Crippen molar-refractivity contribution < 1.29 is 0 Å². The van der Waals surface area contributed by atoms with Gasteiger partial charge in [0.25, 0.3) is 0 Å². The quantitative estimate of drug-likeness (QED) is 0.780. The highest BCUT2D eigenvalue weighted by Crippen LogP contribution is 2.23. The molecule has 4 nitrogen and oxygen atoms in total. The summed E-state index contributed by atoms with van der Waals surface area (Å²) in [7, 11) is 0. The number of benzene rings is 1. The van der Waals surface area contributed by atoms with Gasteiger partial charge in [0.15, 0.2) is 0 Å². The van der Waals surface area contributed by atoms with E-state index in [1.54, 1.807) is 29.5 Å². The van der Waals surface area contributed by atoms with Gasteiger partial charge in [-0.3, -0.25) is 0 Å². The van der Waals surface area contributed by atoms with Gasteiger partial charge >= 0.3 is 0 Å². The molecule has 3 aromatic rings. The fraction of sp³-hybridized carbons (Fsp3) is 0.188. The summed E-state index contributed by atoms with van der Waals surface area (Å²) in [6, 6.07) is 9.33. The van der Waals surface area contributed by atoms with Crippen LogP contribution in [0.1, 0.15) is 15.4 Å². The Bertz CT molecular complexity index is 866. The maximum atomic E-state index is 9.30. The molecule has 0 fully saturated rings. The van der Waals surface area contributed by atoms with Crippen LogP contribution in [0, 0.1) is 18.3 Å². The highest BCUT2D eigenvalue weighted by molar-refractivity contribution is 7.11. The minimum absolute atomic E-state index is 0.570. The van der Waals surface area contributed by atoms with Gasteiger partial charge in [-0.2, -0.15) is 5.26 Å². The molecule has 110 valence electrons. The van der Waals surface area contributed by atoms with E-state index in [9.17, 15) is 5.26 Å². The number of nitrogens with zero attached hydrogens (tertiary/aromatic N) is 3. The summed E-state index contributed by atoms with van der Waals surface area (Å²) in [5.41, 5.74) is 1.33. The van der Waals surface area contributed by atoms with Crippen molar-refractivity contribution in [2.75, 3.05) is 11.9 Å². The number of anilines is 1. The maximum absolute atomic E-state index is 9.30. The molecule has 1 N–H and O–H groups in total. The van der Waals surface area contributed by atoms with Gasteiger partial charge in [0.2, 0.25) is 0 Å². The van der Waals surface area contributed by atoms with Crippen LogP contribution in [0.25, 0.3) is 10.9 Å². The van der Waals surface area contributed by atoms with E-state index < -0.39 is 0 Å². The monoisotopic (exact) mass is 328 g/mol. The Hall–Kier alpha value is -2.16. The lowest BCUT2D eigenvalue weighted by molar-refractivity contribution is 0.989. The first kappa shape index (κ1) is 14.8. The van der Waals surface area contributed by atoms with E-state index in [1.807, 2.05) is 19.2 Å². The summed E-state index contributed by atoms with van der Waals surface area (Å²) in [6.45, 7) is 2.77. The molecule has 0 bridgehead atoms. The Morgan fingerprint density at radius 1 is 1.36 bits per heavy atom. The Balaban J connectivity index is 1.79. The molecule has 3 rings (SSSR count). The number of aromatic nitrogens is 2. The largest absolute Gasteiger partial charge is 0.370 e. The van der Waals surface area contributed by atoms with Crippen LogP contribution in [0.5, 0.6) is 0 Å². The summed E-state index contributed by atoms with van der Waals surface area (Å²) in [5, 5.41) is 15.0. The average Bonchev–Trinajstić information content (AvgIpc) is 2.92. The highest BCUT2D eigenvalue weighted by atomic mass is 35.5. The van der Waals surface area contributed by atoms with Gasteiger partial charge in [-0.25, -0.2) is 9.97 Å². The molecule has 0 unspecified atom stereocenters. The fourth-order valence-electron chi connectivity index (χ4n) is 2.20. The molecule has 1 aromatic carbocycles.